The van der Waals surface area contributed by atoms with Gasteiger partial charge in [-0.25, -0.2) is 0 Å². The maximum Gasteiger partial charge on any atom is -0.0255 e. The molecule has 0 aliphatic heterocycles. The number of unbranched alkanes of at least 4 members (excludes halogenated alkanes) is 6. The molecule has 0 aliphatic carbocycles. The smallest absolute Gasteiger partial charge is 0.0255 e. The van der Waals surface area contributed by atoms with Crippen molar-refractivity contribution in [2.24, 2.45) is 0 Å². The molecule has 0 nitrogen and oxygen atoms in total. The molecule has 68 valence electrons. The molecular formula is C9H20BrP. The summed E-state index contributed by atoms with van der Waals surface area (Å²) in [5.41, 5.74) is 0. The van der Waals surface area contributed by atoms with E-state index in [1.54, 1.807) is 0 Å². The summed E-state index contributed by atoms with van der Waals surface area (Å²) in [7, 11) is 0.983. The zero-order chi connectivity index (χ0) is 8.36. The van der Waals surface area contributed by atoms with Crippen LogP contribution < -0.4 is 0 Å². The van der Waals surface area contributed by atoms with Crippen molar-refractivity contribution >= 4 is 22.8 Å². The van der Waals surface area contributed by atoms with Gasteiger partial charge in [0.05, 0.1) is 0 Å². The SMILES string of the molecule is CCCCCCCCCPBr. The van der Waals surface area contributed by atoms with Crippen molar-refractivity contribution in [3.63, 3.8) is 0 Å². The summed E-state index contributed by atoms with van der Waals surface area (Å²) in [5, 5.41) is 0. The fourth-order valence-electron chi connectivity index (χ4n) is 1.15. The Bertz CT molecular complexity index is 58.6. The third kappa shape index (κ3) is 10.9. The first-order chi connectivity index (χ1) is 5.41. The molecule has 1 unspecified atom stereocenters. The summed E-state index contributed by atoms with van der Waals surface area (Å²) < 4.78 is 0. The molecule has 11 heavy (non-hydrogen) atoms. The van der Waals surface area contributed by atoms with Crippen molar-refractivity contribution in [3.05, 3.63) is 0 Å². The van der Waals surface area contributed by atoms with Gasteiger partial charge in [-0.15, -0.1) is 0 Å². The van der Waals surface area contributed by atoms with Crippen molar-refractivity contribution < 1.29 is 0 Å². The molecular weight excluding hydrogens is 219 g/mol. The van der Waals surface area contributed by atoms with Gasteiger partial charge in [0.25, 0.3) is 0 Å². The summed E-state index contributed by atoms with van der Waals surface area (Å²) in [4.78, 5) is 0. The highest BCUT2D eigenvalue weighted by Gasteiger charge is 1.89. The molecule has 0 radical (unpaired) electrons. The molecule has 0 aromatic heterocycles. The van der Waals surface area contributed by atoms with Crippen LogP contribution in [0.2, 0.25) is 0 Å². The molecule has 2 heteroatoms. The average molecular weight is 239 g/mol. The van der Waals surface area contributed by atoms with Gasteiger partial charge >= 0.3 is 0 Å². The minimum atomic E-state index is 0.983. The highest BCUT2D eigenvalue weighted by atomic mass is 79.9. The Morgan fingerprint density at radius 2 is 1.45 bits per heavy atom. The Morgan fingerprint density at radius 3 is 2.00 bits per heavy atom. The Hall–Kier alpha value is 0.910. The van der Waals surface area contributed by atoms with Crippen molar-refractivity contribution in [3.8, 4) is 0 Å². The van der Waals surface area contributed by atoms with E-state index in [0.717, 1.165) is 7.28 Å². The first-order valence-corrected chi connectivity index (χ1v) is 8.21. The normalized spacial score (nSPS) is 11.5. The van der Waals surface area contributed by atoms with E-state index in [4.69, 9.17) is 0 Å². The van der Waals surface area contributed by atoms with Crippen LogP contribution in [0, 0.1) is 0 Å². The van der Waals surface area contributed by atoms with Gasteiger partial charge in [0.1, 0.15) is 0 Å². The molecule has 0 saturated heterocycles. The van der Waals surface area contributed by atoms with E-state index in [2.05, 4.69) is 22.4 Å². The summed E-state index contributed by atoms with van der Waals surface area (Å²) in [5.74, 6) is 0. The largest absolute Gasteiger partial charge is 0.0654 e. The zero-order valence-corrected chi connectivity index (χ0v) is 10.1. The van der Waals surface area contributed by atoms with Crippen LogP contribution in [0.25, 0.3) is 0 Å². The Labute approximate surface area is 81.1 Å². The minimum absolute atomic E-state index is 0.983. The third-order valence-corrected chi connectivity index (χ3v) is 3.61. The maximum absolute atomic E-state index is 3.47. The molecule has 0 fully saturated rings. The standard InChI is InChI=1S/C9H20BrP/c1-2-3-4-5-6-7-8-9-11-10/h11H,2-9H2,1H3. The highest BCUT2D eigenvalue weighted by molar-refractivity contribution is 9.36. The third-order valence-electron chi connectivity index (χ3n) is 1.87. The van der Waals surface area contributed by atoms with E-state index in [1.165, 1.54) is 51.1 Å². The maximum atomic E-state index is 3.47. The van der Waals surface area contributed by atoms with Crippen molar-refractivity contribution in [2.75, 3.05) is 6.16 Å². The Kier molecular flexibility index (Phi) is 11.8. The molecule has 0 saturated carbocycles. The van der Waals surface area contributed by atoms with Crippen LogP contribution in [0.3, 0.4) is 0 Å². The lowest BCUT2D eigenvalue weighted by atomic mass is 10.1. The summed E-state index contributed by atoms with van der Waals surface area (Å²) in [6.45, 7) is 2.27. The van der Waals surface area contributed by atoms with Gasteiger partial charge in [0, 0.05) is 0 Å². The molecule has 0 N–H and O–H groups in total. The molecule has 0 bridgehead atoms. The predicted molar refractivity (Wildman–Crippen MR) is 60.1 cm³/mol. The van der Waals surface area contributed by atoms with Gasteiger partial charge < -0.3 is 0 Å². The van der Waals surface area contributed by atoms with Crippen LogP contribution in [0.4, 0.5) is 0 Å². The quantitative estimate of drug-likeness (QED) is 0.424. The van der Waals surface area contributed by atoms with E-state index < -0.39 is 0 Å². The van der Waals surface area contributed by atoms with Crippen molar-refractivity contribution in [1.82, 2.24) is 0 Å². The fourth-order valence-corrected chi connectivity index (χ4v) is 2.37. The predicted octanol–water partition coefficient (Wildman–Crippen LogP) is 4.73. The monoisotopic (exact) mass is 238 g/mol. The van der Waals surface area contributed by atoms with Crippen molar-refractivity contribution in [1.29, 1.82) is 0 Å². The van der Waals surface area contributed by atoms with Crippen LogP contribution >= 0.6 is 22.8 Å². The van der Waals surface area contributed by atoms with Crippen LogP contribution in [0.1, 0.15) is 51.9 Å². The Balaban J connectivity index is 2.69. The van der Waals surface area contributed by atoms with E-state index in [-0.39, 0.29) is 0 Å². The van der Waals surface area contributed by atoms with Crippen molar-refractivity contribution in [2.45, 2.75) is 51.9 Å². The molecule has 0 aliphatic rings. The van der Waals surface area contributed by atoms with E-state index in [9.17, 15) is 0 Å². The second-order valence-corrected chi connectivity index (χ2v) is 5.45. The van der Waals surface area contributed by atoms with E-state index >= 15 is 0 Å². The fraction of sp³-hybridized carbons (Fsp3) is 1.00. The molecule has 0 heterocycles. The lowest BCUT2D eigenvalue weighted by Gasteiger charge is -1.98. The average Bonchev–Trinajstić information content (AvgIpc) is 2.03. The summed E-state index contributed by atoms with van der Waals surface area (Å²) in [6.07, 6.45) is 11.4. The van der Waals surface area contributed by atoms with Gasteiger partial charge in [-0.2, -0.15) is 0 Å². The second kappa shape index (κ2) is 10.9. The lowest BCUT2D eigenvalue weighted by molar-refractivity contribution is 0.603. The topological polar surface area (TPSA) is 0 Å². The van der Waals surface area contributed by atoms with Gasteiger partial charge in [-0.1, -0.05) is 68.2 Å². The van der Waals surface area contributed by atoms with Crippen LogP contribution in [-0.2, 0) is 0 Å². The first-order valence-electron chi connectivity index (χ1n) is 4.75. The minimum Gasteiger partial charge on any atom is -0.0654 e. The van der Waals surface area contributed by atoms with Crippen LogP contribution in [-0.4, -0.2) is 6.16 Å². The van der Waals surface area contributed by atoms with Crippen LogP contribution in [0.5, 0.6) is 0 Å². The van der Waals surface area contributed by atoms with Gasteiger partial charge in [-0.3, -0.25) is 0 Å². The molecule has 0 rings (SSSR count). The second-order valence-electron chi connectivity index (χ2n) is 3.00. The van der Waals surface area contributed by atoms with Gasteiger partial charge in [0.15, 0.2) is 0 Å². The molecule has 0 aromatic carbocycles. The first kappa shape index (κ1) is 11.9. The zero-order valence-electron chi connectivity index (χ0n) is 7.53. The summed E-state index contributed by atoms with van der Waals surface area (Å²) in [6, 6.07) is 0. The van der Waals surface area contributed by atoms with Gasteiger partial charge in [-0.05, 0) is 12.6 Å². The molecule has 0 spiro atoms. The number of halogens is 1. The number of rotatable bonds is 8. The highest BCUT2D eigenvalue weighted by Crippen LogP contribution is 2.21. The Morgan fingerprint density at radius 1 is 0.909 bits per heavy atom. The molecule has 0 aromatic rings. The van der Waals surface area contributed by atoms with E-state index in [0.29, 0.717) is 0 Å². The number of hydrogen-bond donors (Lipinski definition) is 0. The van der Waals surface area contributed by atoms with Crippen LogP contribution in [0.15, 0.2) is 0 Å². The lowest BCUT2D eigenvalue weighted by Crippen LogP contribution is -1.79. The molecule has 0 amide bonds. The van der Waals surface area contributed by atoms with Gasteiger partial charge in [0.2, 0.25) is 0 Å². The molecule has 1 atom stereocenters. The number of hydrogen-bond acceptors (Lipinski definition) is 0. The van der Waals surface area contributed by atoms with E-state index in [1.807, 2.05) is 0 Å². The summed E-state index contributed by atoms with van der Waals surface area (Å²) >= 11 is 3.47.